The minimum Gasteiger partial charge on any atom is -0.480 e. The van der Waals surface area contributed by atoms with Gasteiger partial charge < -0.3 is 10.4 Å². The molecule has 6 heteroatoms. The van der Waals surface area contributed by atoms with E-state index >= 15 is 0 Å². The smallest absolute Gasteiger partial charge is 0.328 e. The molecule has 0 bridgehead atoms. The monoisotopic (exact) mass is 485 g/mol. The van der Waals surface area contributed by atoms with E-state index in [0.29, 0.717) is 17.0 Å². The lowest BCUT2D eigenvalue weighted by molar-refractivity contribution is -0.139. The van der Waals surface area contributed by atoms with Gasteiger partial charge in [-0.1, -0.05) is 92.7 Å². The van der Waals surface area contributed by atoms with Gasteiger partial charge >= 0.3 is 5.97 Å². The molecular weight excluding hydrogens is 450 g/mol. The van der Waals surface area contributed by atoms with Crippen LogP contribution in [0.15, 0.2) is 89.9 Å². The largest absolute Gasteiger partial charge is 0.480 e. The average molecular weight is 486 g/mol. The maximum atomic E-state index is 13.4. The number of carboxylic acids is 1. The third-order valence-corrected chi connectivity index (χ3v) is 6.07. The van der Waals surface area contributed by atoms with Gasteiger partial charge in [-0.05, 0) is 38.3 Å². The first-order valence-electron chi connectivity index (χ1n) is 12.2. The van der Waals surface area contributed by atoms with Crippen molar-refractivity contribution in [1.82, 2.24) is 5.32 Å². The zero-order valence-electron chi connectivity index (χ0n) is 21.5. The molecule has 0 aliphatic rings. The van der Waals surface area contributed by atoms with Gasteiger partial charge in [0.1, 0.15) is 6.04 Å². The standard InChI is InChI=1S/C30H35N3O3/c1-20(2)26(28(34)35)32-27(23-16-10-7-11-17-23)24-18-12-13-19-25(24)31-29(36)30(4,5)33-21(3)22-14-8-6-9-15-22/h6-21,26,33H,1-5H3,(H,31,36)(H,34,35)/t21-,26+/m0/s1. The van der Waals surface area contributed by atoms with Crippen molar-refractivity contribution in [3.05, 3.63) is 102 Å². The van der Waals surface area contributed by atoms with Gasteiger partial charge in [0, 0.05) is 17.2 Å². The normalized spacial score (nSPS) is 13.8. The van der Waals surface area contributed by atoms with Crippen LogP contribution in [0.25, 0.3) is 0 Å². The summed E-state index contributed by atoms with van der Waals surface area (Å²) in [6.45, 7) is 9.38. The average Bonchev–Trinajstić information content (AvgIpc) is 2.85. The van der Waals surface area contributed by atoms with Crippen LogP contribution in [0.3, 0.4) is 0 Å². The molecule has 0 heterocycles. The lowest BCUT2D eigenvalue weighted by Gasteiger charge is -2.30. The molecule has 2 atom stereocenters. The number of hydrogen-bond acceptors (Lipinski definition) is 4. The van der Waals surface area contributed by atoms with Crippen molar-refractivity contribution in [2.45, 2.75) is 52.2 Å². The zero-order chi connectivity index (χ0) is 26.3. The predicted molar refractivity (Wildman–Crippen MR) is 145 cm³/mol. The van der Waals surface area contributed by atoms with Crippen molar-refractivity contribution in [3.8, 4) is 0 Å². The minimum atomic E-state index is -0.986. The summed E-state index contributed by atoms with van der Waals surface area (Å²) in [6, 6.07) is 25.8. The van der Waals surface area contributed by atoms with Gasteiger partial charge in [0.25, 0.3) is 0 Å². The molecule has 0 saturated carbocycles. The van der Waals surface area contributed by atoms with Gasteiger partial charge in [-0.2, -0.15) is 0 Å². The topological polar surface area (TPSA) is 90.8 Å². The fraction of sp³-hybridized carbons (Fsp3) is 0.300. The van der Waals surface area contributed by atoms with Gasteiger partial charge in [0.2, 0.25) is 5.91 Å². The Hall–Kier alpha value is -3.77. The van der Waals surface area contributed by atoms with E-state index in [9.17, 15) is 14.7 Å². The number of carboxylic acid groups (broad SMARTS) is 1. The Labute approximate surface area is 213 Å². The first-order valence-corrected chi connectivity index (χ1v) is 12.2. The molecular formula is C30H35N3O3. The second-order valence-electron chi connectivity index (χ2n) is 9.77. The zero-order valence-corrected chi connectivity index (χ0v) is 21.5. The van der Waals surface area contributed by atoms with E-state index in [1.165, 1.54) is 0 Å². The Morgan fingerprint density at radius 2 is 1.39 bits per heavy atom. The van der Waals surface area contributed by atoms with E-state index in [-0.39, 0.29) is 17.9 Å². The number of para-hydroxylation sites is 1. The third-order valence-electron chi connectivity index (χ3n) is 6.07. The molecule has 3 aromatic rings. The van der Waals surface area contributed by atoms with Crippen molar-refractivity contribution in [1.29, 1.82) is 0 Å². The Balaban J connectivity index is 1.96. The van der Waals surface area contributed by atoms with Gasteiger partial charge in [-0.15, -0.1) is 0 Å². The van der Waals surface area contributed by atoms with Crippen LogP contribution < -0.4 is 10.6 Å². The number of rotatable bonds is 10. The quantitative estimate of drug-likeness (QED) is 0.321. The van der Waals surface area contributed by atoms with Crippen LogP contribution in [0, 0.1) is 5.92 Å². The molecule has 0 radical (unpaired) electrons. The summed E-state index contributed by atoms with van der Waals surface area (Å²) < 4.78 is 0. The highest BCUT2D eigenvalue weighted by atomic mass is 16.4. The van der Waals surface area contributed by atoms with E-state index in [1.807, 2.05) is 120 Å². The van der Waals surface area contributed by atoms with Gasteiger partial charge in [-0.25, -0.2) is 4.79 Å². The number of benzene rings is 3. The first kappa shape index (κ1) is 26.8. The number of aliphatic imine (C=N–C) groups is 1. The number of nitrogens with one attached hydrogen (secondary N) is 2. The van der Waals surface area contributed by atoms with Crippen LogP contribution >= 0.6 is 0 Å². The molecule has 0 aliphatic carbocycles. The van der Waals surface area contributed by atoms with Crippen LogP contribution in [0.1, 0.15) is 57.4 Å². The number of amides is 1. The highest BCUT2D eigenvalue weighted by Crippen LogP contribution is 2.24. The molecule has 0 fully saturated rings. The highest BCUT2D eigenvalue weighted by molar-refractivity contribution is 6.18. The van der Waals surface area contributed by atoms with Gasteiger partial charge in [-0.3, -0.25) is 15.1 Å². The molecule has 0 spiro atoms. The number of hydrogen-bond donors (Lipinski definition) is 3. The summed E-state index contributed by atoms with van der Waals surface area (Å²) in [7, 11) is 0. The molecule has 36 heavy (non-hydrogen) atoms. The molecule has 1 amide bonds. The molecule has 3 rings (SSSR count). The Kier molecular flexibility index (Phi) is 8.78. The van der Waals surface area contributed by atoms with Crippen LogP contribution in [0.5, 0.6) is 0 Å². The van der Waals surface area contributed by atoms with Crippen LogP contribution in [-0.2, 0) is 9.59 Å². The van der Waals surface area contributed by atoms with E-state index in [2.05, 4.69) is 15.6 Å². The Bertz CT molecular complexity index is 1200. The lowest BCUT2D eigenvalue weighted by atomic mass is 9.97. The lowest BCUT2D eigenvalue weighted by Crippen LogP contribution is -2.50. The summed E-state index contributed by atoms with van der Waals surface area (Å²) in [5.74, 6) is -1.39. The van der Waals surface area contributed by atoms with Crippen molar-refractivity contribution < 1.29 is 14.7 Å². The van der Waals surface area contributed by atoms with Crippen molar-refractivity contribution in [2.24, 2.45) is 10.9 Å². The number of nitrogens with zero attached hydrogens (tertiary/aromatic N) is 1. The van der Waals surface area contributed by atoms with Crippen LogP contribution in [0.2, 0.25) is 0 Å². The second-order valence-corrected chi connectivity index (χ2v) is 9.77. The van der Waals surface area contributed by atoms with E-state index in [1.54, 1.807) is 0 Å². The van der Waals surface area contributed by atoms with E-state index in [0.717, 1.165) is 11.1 Å². The van der Waals surface area contributed by atoms with Crippen molar-refractivity contribution in [3.63, 3.8) is 0 Å². The second kappa shape index (κ2) is 11.8. The molecule has 0 unspecified atom stereocenters. The SMILES string of the molecule is CC(C)[C@@H](N=C(c1ccccc1)c1ccccc1NC(=O)C(C)(C)N[C@@H](C)c1ccccc1)C(=O)O. The first-order chi connectivity index (χ1) is 17.1. The molecule has 0 saturated heterocycles. The maximum Gasteiger partial charge on any atom is 0.328 e. The molecule has 3 N–H and O–H groups in total. The van der Waals surface area contributed by atoms with Crippen molar-refractivity contribution in [2.75, 3.05) is 5.32 Å². The van der Waals surface area contributed by atoms with Crippen LogP contribution in [0.4, 0.5) is 5.69 Å². The molecule has 0 aliphatic heterocycles. The van der Waals surface area contributed by atoms with Gasteiger partial charge in [0.05, 0.1) is 16.9 Å². The highest BCUT2D eigenvalue weighted by Gasteiger charge is 2.30. The summed E-state index contributed by atoms with van der Waals surface area (Å²) in [4.78, 5) is 30.1. The summed E-state index contributed by atoms with van der Waals surface area (Å²) in [5.41, 5.74) is 2.74. The summed E-state index contributed by atoms with van der Waals surface area (Å²) in [6.07, 6.45) is 0. The molecule has 3 aromatic carbocycles. The summed E-state index contributed by atoms with van der Waals surface area (Å²) in [5, 5.41) is 16.3. The molecule has 188 valence electrons. The fourth-order valence-electron chi connectivity index (χ4n) is 4.03. The van der Waals surface area contributed by atoms with E-state index < -0.39 is 17.6 Å². The predicted octanol–water partition coefficient (Wildman–Crippen LogP) is 5.70. The molecule has 6 nitrogen and oxygen atoms in total. The number of aliphatic carboxylic acids is 1. The van der Waals surface area contributed by atoms with Crippen LogP contribution in [-0.4, -0.2) is 34.3 Å². The summed E-state index contributed by atoms with van der Waals surface area (Å²) >= 11 is 0. The number of carbonyl (C=O) groups is 2. The van der Waals surface area contributed by atoms with Gasteiger partial charge in [0.15, 0.2) is 0 Å². The molecule has 0 aromatic heterocycles. The maximum absolute atomic E-state index is 13.4. The fourth-order valence-corrected chi connectivity index (χ4v) is 4.03. The van der Waals surface area contributed by atoms with E-state index in [4.69, 9.17) is 0 Å². The Morgan fingerprint density at radius 3 is 1.97 bits per heavy atom. The number of anilines is 1. The Morgan fingerprint density at radius 1 is 0.833 bits per heavy atom. The third kappa shape index (κ3) is 6.67. The minimum absolute atomic E-state index is 0.0361. The number of carbonyl (C=O) groups excluding carboxylic acids is 1. The van der Waals surface area contributed by atoms with Crippen molar-refractivity contribution >= 4 is 23.3 Å².